The Bertz CT molecular complexity index is 703. The first-order chi connectivity index (χ1) is 11.3. The van der Waals surface area contributed by atoms with E-state index < -0.39 is 10.0 Å². The van der Waals surface area contributed by atoms with Crippen molar-refractivity contribution in [2.75, 3.05) is 13.2 Å². The molecule has 0 aromatic heterocycles. The zero-order valence-electron chi connectivity index (χ0n) is 14.4. The highest BCUT2D eigenvalue weighted by atomic mass is 32.2. The standard InChI is InChI=1S/C17H26N2O4S/c1-12-7-8-15(10-16(12)17(21)18-13(2)11-20)24(22,23)19-9-5-4-6-14(19)3/h7-8,10,13-14,20H,4-6,9,11H2,1-3H3,(H,18,21). The summed E-state index contributed by atoms with van der Waals surface area (Å²) in [4.78, 5) is 12.5. The maximum Gasteiger partial charge on any atom is 0.251 e. The zero-order chi connectivity index (χ0) is 17.9. The number of aliphatic hydroxyl groups excluding tert-OH is 1. The zero-order valence-corrected chi connectivity index (χ0v) is 15.3. The van der Waals surface area contributed by atoms with Crippen LogP contribution >= 0.6 is 0 Å². The normalized spacial score (nSPS) is 20.6. The molecule has 24 heavy (non-hydrogen) atoms. The highest BCUT2D eigenvalue weighted by Crippen LogP contribution is 2.26. The van der Waals surface area contributed by atoms with E-state index in [9.17, 15) is 13.2 Å². The van der Waals surface area contributed by atoms with Crippen LogP contribution < -0.4 is 5.32 Å². The number of nitrogens with one attached hydrogen (secondary N) is 1. The molecule has 0 aliphatic carbocycles. The number of hydrogen-bond donors (Lipinski definition) is 2. The Labute approximate surface area is 143 Å². The van der Waals surface area contributed by atoms with Gasteiger partial charge in [0, 0.05) is 24.2 Å². The highest BCUT2D eigenvalue weighted by molar-refractivity contribution is 7.89. The van der Waals surface area contributed by atoms with E-state index in [1.807, 2.05) is 6.92 Å². The van der Waals surface area contributed by atoms with Gasteiger partial charge in [0.05, 0.1) is 11.5 Å². The highest BCUT2D eigenvalue weighted by Gasteiger charge is 2.31. The molecule has 7 heteroatoms. The van der Waals surface area contributed by atoms with Crippen molar-refractivity contribution in [2.45, 2.75) is 57.0 Å². The second-order valence-electron chi connectivity index (χ2n) is 6.49. The number of piperidine rings is 1. The SMILES string of the molecule is Cc1ccc(S(=O)(=O)N2CCCCC2C)cc1C(=O)NC(C)CO. The van der Waals surface area contributed by atoms with E-state index in [1.165, 1.54) is 10.4 Å². The summed E-state index contributed by atoms with van der Waals surface area (Å²) in [5.41, 5.74) is 1.02. The number of amides is 1. The molecular weight excluding hydrogens is 328 g/mol. The fraction of sp³-hybridized carbons (Fsp3) is 0.588. The van der Waals surface area contributed by atoms with E-state index in [4.69, 9.17) is 5.11 Å². The minimum Gasteiger partial charge on any atom is -0.394 e. The molecule has 0 radical (unpaired) electrons. The van der Waals surface area contributed by atoms with Crippen molar-refractivity contribution in [1.29, 1.82) is 0 Å². The van der Waals surface area contributed by atoms with Crippen LogP contribution in [0.4, 0.5) is 0 Å². The van der Waals surface area contributed by atoms with Crippen molar-refractivity contribution >= 4 is 15.9 Å². The molecule has 2 N–H and O–H groups in total. The summed E-state index contributed by atoms with van der Waals surface area (Å²) < 4.78 is 27.4. The Morgan fingerprint density at radius 1 is 1.42 bits per heavy atom. The minimum absolute atomic E-state index is 0.0308. The molecule has 1 aliphatic rings. The molecule has 2 atom stereocenters. The van der Waals surface area contributed by atoms with Crippen LogP contribution in [0.5, 0.6) is 0 Å². The Balaban J connectivity index is 2.34. The lowest BCUT2D eigenvalue weighted by Crippen LogP contribution is -2.42. The molecule has 2 rings (SSSR count). The van der Waals surface area contributed by atoms with Gasteiger partial charge in [-0.3, -0.25) is 4.79 Å². The van der Waals surface area contributed by atoms with Crippen molar-refractivity contribution in [3.05, 3.63) is 29.3 Å². The van der Waals surface area contributed by atoms with Gasteiger partial charge in [-0.2, -0.15) is 4.31 Å². The number of carbonyl (C=O) groups excluding carboxylic acids is 1. The van der Waals surface area contributed by atoms with Gasteiger partial charge in [0.15, 0.2) is 0 Å². The second-order valence-corrected chi connectivity index (χ2v) is 8.38. The van der Waals surface area contributed by atoms with Crippen molar-refractivity contribution in [3.63, 3.8) is 0 Å². The summed E-state index contributed by atoms with van der Waals surface area (Å²) >= 11 is 0. The van der Waals surface area contributed by atoms with E-state index in [-0.39, 0.29) is 29.5 Å². The molecule has 0 saturated carbocycles. The molecule has 134 valence electrons. The topological polar surface area (TPSA) is 86.7 Å². The monoisotopic (exact) mass is 354 g/mol. The molecular formula is C17H26N2O4S. The maximum atomic E-state index is 12.9. The molecule has 6 nitrogen and oxygen atoms in total. The van der Waals surface area contributed by atoms with Crippen LogP contribution in [-0.4, -0.2) is 49.0 Å². The Hall–Kier alpha value is -1.44. The number of nitrogens with zero attached hydrogens (tertiary/aromatic N) is 1. The number of benzene rings is 1. The number of aryl methyl sites for hydroxylation is 1. The van der Waals surface area contributed by atoms with Crippen molar-refractivity contribution in [2.24, 2.45) is 0 Å². The number of carbonyl (C=O) groups is 1. The van der Waals surface area contributed by atoms with E-state index >= 15 is 0 Å². The average Bonchev–Trinajstić information content (AvgIpc) is 2.55. The molecule has 1 aliphatic heterocycles. The van der Waals surface area contributed by atoms with Crippen LogP contribution in [0.1, 0.15) is 49.0 Å². The molecule has 2 unspecified atom stereocenters. The van der Waals surface area contributed by atoms with Crippen molar-refractivity contribution in [1.82, 2.24) is 9.62 Å². The van der Waals surface area contributed by atoms with Gasteiger partial charge >= 0.3 is 0 Å². The maximum absolute atomic E-state index is 12.9. The van der Waals surface area contributed by atoms with Crippen LogP contribution in [0, 0.1) is 6.92 Å². The summed E-state index contributed by atoms with van der Waals surface area (Å²) in [5.74, 6) is -0.377. The largest absolute Gasteiger partial charge is 0.394 e. The second kappa shape index (κ2) is 7.63. The van der Waals surface area contributed by atoms with Crippen LogP contribution in [0.2, 0.25) is 0 Å². The number of hydrogen-bond acceptors (Lipinski definition) is 4. The molecule has 1 fully saturated rings. The summed E-state index contributed by atoms with van der Waals surface area (Å²) in [6.07, 6.45) is 2.75. The minimum atomic E-state index is -3.61. The first-order valence-corrected chi connectivity index (χ1v) is 9.75. The summed E-state index contributed by atoms with van der Waals surface area (Å²) in [7, 11) is -3.61. The van der Waals surface area contributed by atoms with Gasteiger partial charge in [-0.1, -0.05) is 12.5 Å². The third-order valence-electron chi connectivity index (χ3n) is 4.45. The van der Waals surface area contributed by atoms with Crippen molar-refractivity contribution in [3.8, 4) is 0 Å². The molecule has 0 bridgehead atoms. The third-order valence-corrected chi connectivity index (χ3v) is 6.46. The molecule has 1 saturated heterocycles. The lowest BCUT2D eigenvalue weighted by molar-refractivity contribution is 0.0921. The Morgan fingerprint density at radius 3 is 2.75 bits per heavy atom. The molecule has 1 aromatic carbocycles. The fourth-order valence-corrected chi connectivity index (χ4v) is 4.64. The molecule has 1 heterocycles. The van der Waals surface area contributed by atoms with Gasteiger partial charge in [0.2, 0.25) is 10.0 Å². The number of aliphatic hydroxyl groups is 1. The van der Waals surface area contributed by atoms with Crippen molar-refractivity contribution < 1.29 is 18.3 Å². The predicted octanol–water partition coefficient (Wildman–Crippen LogP) is 1.67. The van der Waals surface area contributed by atoms with Crippen LogP contribution in [0.3, 0.4) is 0 Å². The summed E-state index contributed by atoms with van der Waals surface area (Å²) in [6.45, 7) is 5.71. The smallest absolute Gasteiger partial charge is 0.251 e. The summed E-state index contributed by atoms with van der Waals surface area (Å²) in [6, 6.07) is 4.22. The van der Waals surface area contributed by atoms with Crippen LogP contribution in [0.25, 0.3) is 0 Å². The predicted molar refractivity (Wildman–Crippen MR) is 92.4 cm³/mol. The van der Waals surface area contributed by atoms with Gasteiger partial charge in [0.1, 0.15) is 0 Å². The summed E-state index contributed by atoms with van der Waals surface area (Å²) in [5, 5.41) is 11.7. The van der Waals surface area contributed by atoms with E-state index in [1.54, 1.807) is 26.0 Å². The molecule has 0 spiro atoms. The van der Waals surface area contributed by atoms with Gasteiger partial charge < -0.3 is 10.4 Å². The first-order valence-electron chi connectivity index (χ1n) is 8.31. The number of rotatable bonds is 5. The fourth-order valence-electron chi connectivity index (χ4n) is 2.92. The van der Waals surface area contributed by atoms with Crippen LogP contribution in [-0.2, 0) is 10.0 Å². The first kappa shape index (κ1) is 18.9. The van der Waals surface area contributed by atoms with Gasteiger partial charge in [-0.05, 0) is 51.3 Å². The Morgan fingerprint density at radius 2 is 2.12 bits per heavy atom. The van der Waals surface area contributed by atoms with E-state index in [2.05, 4.69) is 5.32 Å². The van der Waals surface area contributed by atoms with E-state index in [0.717, 1.165) is 19.3 Å². The number of sulfonamides is 1. The lowest BCUT2D eigenvalue weighted by atomic mass is 10.1. The lowest BCUT2D eigenvalue weighted by Gasteiger charge is -2.32. The van der Waals surface area contributed by atoms with Gasteiger partial charge in [0.25, 0.3) is 5.91 Å². The van der Waals surface area contributed by atoms with Gasteiger partial charge in [-0.15, -0.1) is 0 Å². The van der Waals surface area contributed by atoms with Crippen LogP contribution in [0.15, 0.2) is 23.1 Å². The third kappa shape index (κ3) is 3.96. The average molecular weight is 354 g/mol. The molecule has 1 aromatic rings. The molecule has 1 amide bonds. The van der Waals surface area contributed by atoms with Gasteiger partial charge in [-0.25, -0.2) is 8.42 Å². The van der Waals surface area contributed by atoms with E-state index in [0.29, 0.717) is 17.7 Å². The Kier molecular flexibility index (Phi) is 6.01. The quantitative estimate of drug-likeness (QED) is 0.842.